The summed E-state index contributed by atoms with van der Waals surface area (Å²) in [6.45, 7) is 6.98. The average Bonchev–Trinajstić information content (AvgIpc) is 2.27. The van der Waals surface area contributed by atoms with Crippen molar-refractivity contribution in [3.05, 3.63) is 0 Å². The third-order valence-electron chi connectivity index (χ3n) is 5.35. The van der Waals surface area contributed by atoms with Gasteiger partial charge in [-0.25, -0.2) is 0 Å². The molecular formula is C16H31NO. The Labute approximate surface area is 113 Å². The summed E-state index contributed by atoms with van der Waals surface area (Å²) in [5, 5.41) is 10.4. The third kappa shape index (κ3) is 3.08. The van der Waals surface area contributed by atoms with Crippen LogP contribution in [-0.2, 0) is 0 Å². The Balaban J connectivity index is 2.00. The van der Waals surface area contributed by atoms with E-state index in [4.69, 9.17) is 0 Å². The molecule has 106 valence electrons. The molecule has 0 aromatic heterocycles. The summed E-state index contributed by atoms with van der Waals surface area (Å²) in [6.07, 6.45) is 7.55. The van der Waals surface area contributed by atoms with E-state index >= 15 is 0 Å². The van der Waals surface area contributed by atoms with Crippen molar-refractivity contribution >= 4 is 0 Å². The van der Waals surface area contributed by atoms with E-state index in [0.717, 1.165) is 12.3 Å². The molecule has 0 saturated heterocycles. The van der Waals surface area contributed by atoms with Gasteiger partial charge in [-0.15, -0.1) is 0 Å². The second-order valence-electron chi connectivity index (χ2n) is 7.20. The Morgan fingerprint density at radius 1 is 0.944 bits per heavy atom. The van der Waals surface area contributed by atoms with Crippen LogP contribution in [0.5, 0.6) is 0 Å². The van der Waals surface area contributed by atoms with Crippen LogP contribution in [0.1, 0.15) is 59.3 Å². The molecule has 2 aliphatic rings. The molecule has 2 aliphatic carbocycles. The summed E-state index contributed by atoms with van der Waals surface area (Å²) in [7, 11) is 2.25. The summed E-state index contributed by atoms with van der Waals surface area (Å²) in [5.41, 5.74) is 0. The van der Waals surface area contributed by atoms with E-state index in [1.807, 2.05) is 0 Å². The maximum absolute atomic E-state index is 10.4. The van der Waals surface area contributed by atoms with Gasteiger partial charge in [0.05, 0.1) is 6.10 Å². The van der Waals surface area contributed by atoms with Gasteiger partial charge < -0.3 is 5.11 Å². The molecule has 18 heavy (non-hydrogen) atoms. The van der Waals surface area contributed by atoms with Crippen molar-refractivity contribution in [3.8, 4) is 0 Å². The first-order valence-corrected chi connectivity index (χ1v) is 7.89. The molecule has 0 spiro atoms. The first-order valence-electron chi connectivity index (χ1n) is 7.89. The maximum Gasteiger partial charge on any atom is 0.0700 e. The number of hydrogen-bond acceptors (Lipinski definition) is 2. The number of hydrogen-bond donors (Lipinski definition) is 1. The van der Waals surface area contributed by atoms with Crippen LogP contribution in [0.25, 0.3) is 0 Å². The fourth-order valence-corrected chi connectivity index (χ4v) is 4.49. The zero-order valence-corrected chi connectivity index (χ0v) is 12.6. The second-order valence-corrected chi connectivity index (χ2v) is 7.20. The van der Waals surface area contributed by atoms with Crippen molar-refractivity contribution in [3.63, 3.8) is 0 Å². The van der Waals surface area contributed by atoms with Gasteiger partial charge in [0, 0.05) is 12.1 Å². The van der Waals surface area contributed by atoms with E-state index in [2.05, 4.69) is 32.7 Å². The monoisotopic (exact) mass is 253 g/mol. The van der Waals surface area contributed by atoms with Gasteiger partial charge in [-0.2, -0.15) is 0 Å². The lowest BCUT2D eigenvalue weighted by molar-refractivity contribution is -0.0385. The lowest BCUT2D eigenvalue weighted by Gasteiger charge is -2.46. The molecular weight excluding hydrogens is 222 g/mol. The van der Waals surface area contributed by atoms with E-state index in [9.17, 15) is 5.11 Å². The molecule has 0 radical (unpaired) electrons. The van der Waals surface area contributed by atoms with E-state index in [0.29, 0.717) is 23.9 Å². The van der Waals surface area contributed by atoms with E-state index in [1.54, 1.807) is 0 Å². The van der Waals surface area contributed by atoms with Gasteiger partial charge in [-0.05, 0) is 50.5 Å². The van der Waals surface area contributed by atoms with Crippen molar-refractivity contribution in [1.29, 1.82) is 0 Å². The number of nitrogens with zero attached hydrogens (tertiary/aromatic N) is 1. The largest absolute Gasteiger partial charge is 0.391 e. The molecule has 0 bridgehead atoms. The van der Waals surface area contributed by atoms with E-state index in [1.165, 1.54) is 32.1 Å². The van der Waals surface area contributed by atoms with Gasteiger partial charge in [-0.1, -0.05) is 33.6 Å². The van der Waals surface area contributed by atoms with Crippen molar-refractivity contribution in [2.24, 2.45) is 17.8 Å². The molecule has 2 rings (SSSR count). The summed E-state index contributed by atoms with van der Waals surface area (Å²) in [5.74, 6) is 2.18. The van der Waals surface area contributed by atoms with E-state index in [-0.39, 0.29) is 6.10 Å². The molecule has 2 heteroatoms. The van der Waals surface area contributed by atoms with Gasteiger partial charge in [0.15, 0.2) is 0 Å². The van der Waals surface area contributed by atoms with Gasteiger partial charge in [-0.3, -0.25) is 4.90 Å². The molecule has 0 aromatic carbocycles. The second kappa shape index (κ2) is 5.92. The van der Waals surface area contributed by atoms with Gasteiger partial charge >= 0.3 is 0 Å². The average molecular weight is 253 g/mol. The normalized spacial score (nSPS) is 46.3. The smallest absolute Gasteiger partial charge is 0.0700 e. The Bertz CT molecular complexity index is 256. The first-order chi connectivity index (χ1) is 8.49. The highest BCUT2D eigenvalue weighted by molar-refractivity contribution is 4.92. The predicted octanol–water partition coefficient (Wildman–Crippen LogP) is 3.29. The SMILES string of the molecule is CC1CC(C)C(N(C)C2CCCC(C)C2)C(O)C1. The third-order valence-corrected chi connectivity index (χ3v) is 5.35. The van der Waals surface area contributed by atoms with Crippen LogP contribution in [0.15, 0.2) is 0 Å². The molecule has 0 heterocycles. The molecule has 1 N–H and O–H groups in total. The predicted molar refractivity (Wildman–Crippen MR) is 76.5 cm³/mol. The van der Waals surface area contributed by atoms with E-state index < -0.39 is 0 Å². The number of aliphatic hydroxyl groups excluding tert-OH is 1. The maximum atomic E-state index is 10.4. The van der Waals surface area contributed by atoms with Crippen molar-refractivity contribution < 1.29 is 5.11 Å². The minimum atomic E-state index is -0.119. The minimum absolute atomic E-state index is 0.119. The van der Waals surface area contributed by atoms with Crippen LogP contribution in [-0.4, -0.2) is 35.2 Å². The molecule has 0 aromatic rings. The standard InChI is InChI=1S/C16H31NO/c1-11-6-5-7-14(9-11)17(4)16-13(3)8-12(2)10-15(16)18/h11-16,18H,5-10H2,1-4H3. The molecule has 0 aliphatic heterocycles. The summed E-state index contributed by atoms with van der Waals surface area (Å²) >= 11 is 0. The fraction of sp³-hybridized carbons (Fsp3) is 1.00. The number of likely N-dealkylation sites (N-methyl/N-ethyl adjacent to an activating group) is 1. The lowest BCUT2D eigenvalue weighted by atomic mass is 9.76. The molecule has 6 unspecified atom stereocenters. The highest BCUT2D eigenvalue weighted by atomic mass is 16.3. The molecule has 0 amide bonds. The van der Waals surface area contributed by atoms with Crippen molar-refractivity contribution in [2.75, 3.05) is 7.05 Å². The first kappa shape index (κ1) is 14.3. The highest BCUT2D eigenvalue weighted by Gasteiger charge is 2.38. The molecule has 2 saturated carbocycles. The van der Waals surface area contributed by atoms with Crippen LogP contribution in [0.2, 0.25) is 0 Å². The Kier molecular flexibility index (Phi) is 4.71. The van der Waals surface area contributed by atoms with Crippen molar-refractivity contribution in [2.45, 2.75) is 77.5 Å². The number of rotatable bonds is 2. The van der Waals surface area contributed by atoms with Gasteiger partial charge in [0.2, 0.25) is 0 Å². The summed E-state index contributed by atoms with van der Waals surface area (Å²) < 4.78 is 0. The van der Waals surface area contributed by atoms with Crippen LogP contribution in [0.4, 0.5) is 0 Å². The van der Waals surface area contributed by atoms with Gasteiger partial charge in [0.25, 0.3) is 0 Å². The van der Waals surface area contributed by atoms with Crippen LogP contribution < -0.4 is 0 Å². The molecule has 6 atom stereocenters. The zero-order valence-electron chi connectivity index (χ0n) is 12.6. The van der Waals surface area contributed by atoms with Crippen molar-refractivity contribution in [1.82, 2.24) is 4.90 Å². The Morgan fingerprint density at radius 3 is 2.28 bits per heavy atom. The topological polar surface area (TPSA) is 23.5 Å². The highest BCUT2D eigenvalue weighted by Crippen LogP contribution is 2.35. The van der Waals surface area contributed by atoms with Gasteiger partial charge in [0.1, 0.15) is 0 Å². The fourth-order valence-electron chi connectivity index (χ4n) is 4.49. The van der Waals surface area contributed by atoms with Crippen LogP contribution >= 0.6 is 0 Å². The lowest BCUT2D eigenvalue weighted by Crippen LogP contribution is -2.54. The summed E-state index contributed by atoms with van der Waals surface area (Å²) in [4.78, 5) is 2.52. The Hall–Kier alpha value is -0.0800. The quantitative estimate of drug-likeness (QED) is 0.816. The molecule has 2 fully saturated rings. The minimum Gasteiger partial charge on any atom is -0.391 e. The summed E-state index contributed by atoms with van der Waals surface area (Å²) in [6, 6.07) is 1.08. The van der Waals surface area contributed by atoms with Crippen LogP contribution in [0, 0.1) is 17.8 Å². The zero-order chi connectivity index (χ0) is 13.3. The molecule has 2 nitrogen and oxygen atoms in total. The Morgan fingerprint density at radius 2 is 1.67 bits per heavy atom. The number of aliphatic hydroxyl groups is 1. The van der Waals surface area contributed by atoms with Crippen LogP contribution in [0.3, 0.4) is 0 Å².